The van der Waals surface area contributed by atoms with Crippen LogP contribution in [0.25, 0.3) is 0 Å². The molecular formula is C14H19N3O3. The molecule has 1 aromatic rings. The quantitative estimate of drug-likeness (QED) is 0.674. The zero-order valence-electron chi connectivity index (χ0n) is 11.2. The highest BCUT2D eigenvalue weighted by molar-refractivity contribution is 5.95. The van der Waals surface area contributed by atoms with Crippen LogP contribution in [0.4, 0.5) is 0 Å². The smallest absolute Gasteiger partial charge is 0.269 e. The number of nitrogens with one attached hydrogen (secondary N) is 2. The van der Waals surface area contributed by atoms with Crippen molar-refractivity contribution in [3.05, 3.63) is 35.9 Å². The average Bonchev–Trinajstić information content (AvgIpc) is 2.48. The van der Waals surface area contributed by atoms with Crippen LogP contribution in [0.3, 0.4) is 0 Å². The lowest BCUT2D eigenvalue weighted by Gasteiger charge is -2.28. The number of piperidine rings is 1. The van der Waals surface area contributed by atoms with Crippen LogP contribution in [0.1, 0.15) is 23.2 Å². The Morgan fingerprint density at radius 2 is 1.80 bits per heavy atom. The minimum absolute atomic E-state index is 0.224. The van der Waals surface area contributed by atoms with Crippen LogP contribution in [0.15, 0.2) is 30.3 Å². The standard InChI is InChI=1S/C14H19N3O3/c18-12-6-8-17(9-7-12)10-13(19)15-16-14(20)11-4-2-1-3-5-11/h1-5,12,18H,6-10H2,(H,15,19)(H,16,20). The number of aliphatic hydroxyl groups excluding tert-OH is 1. The fourth-order valence-electron chi connectivity index (χ4n) is 2.11. The molecule has 108 valence electrons. The van der Waals surface area contributed by atoms with Gasteiger partial charge in [0.1, 0.15) is 0 Å². The molecule has 2 rings (SSSR count). The highest BCUT2D eigenvalue weighted by Crippen LogP contribution is 2.08. The van der Waals surface area contributed by atoms with Crippen LogP contribution in [-0.4, -0.2) is 47.6 Å². The molecule has 1 saturated heterocycles. The van der Waals surface area contributed by atoms with Crippen molar-refractivity contribution in [2.45, 2.75) is 18.9 Å². The molecule has 1 aromatic carbocycles. The number of carbonyl (C=O) groups is 2. The van der Waals surface area contributed by atoms with Gasteiger partial charge in [0.15, 0.2) is 0 Å². The molecule has 0 atom stereocenters. The molecule has 3 N–H and O–H groups in total. The first-order valence-electron chi connectivity index (χ1n) is 6.70. The number of aliphatic hydroxyl groups is 1. The zero-order chi connectivity index (χ0) is 14.4. The lowest BCUT2D eigenvalue weighted by atomic mass is 10.1. The predicted molar refractivity (Wildman–Crippen MR) is 73.7 cm³/mol. The number of hydrogen-bond donors (Lipinski definition) is 3. The number of nitrogens with zero attached hydrogens (tertiary/aromatic N) is 1. The van der Waals surface area contributed by atoms with Gasteiger partial charge in [-0.05, 0) is 25.0 Å². The molecule has 0 aliphatic carbocycles. The van der Waals surface area contributed by atoms with E-state index < -0.39 is 0 Å². The van der Waals surface area contributed by atoms with Gasteiger partial charge in [0.25, 0.3) is 11.8 Å². The van der Waals surface area contributed by atoms with Gasteiger partial charge in [0.05, 0.1) is 12.6 Å². The van der Waals surface area contributed by atoms with E-state index in [1.54, 1.807) is 24.3 Å². The third-order valence-electron chi connectivity index (χ3n) is 3.28. The van der Waals surface area contributed by atoms with Gasteiger partial charge in [0.2, 0.25) is 0 Å². The predicted octanol–water partition coefficient (Wildman–Crippen LogP) is -0.0957. The molecule has 0 saturated carbocycles. The summed E-state index contributed by atoms with van der Waals surface area (Å²) in [5, 5.41) is 9.38. The Labute approximate surface area is 117 Å². The molecule has 2 amide bonds. The van der Waals surface area contributed by atoms with Crippen LogP contribution < -0.4 is 10.9 Å². The molecule has 1 fully saturated rings. The number of hydrogen-bond acceptors (Lipinski definition) is 4. The van der Waals surface area contributed by atoms with Crippen LogP contribution in [-0.2, 0) is 4.79 Å². The van der Waals surface area contributed by atoms with E-state index in [1.807, 2.05) is 11.0 Å². The van der Waals surface area contributed by atoms with E-state index in [-0.39, 0.29) is 24.5 Å². The molecule has 20 heavy (non-hydrogen) atoms. The van der Waals surface area contributed by atoms with Crippen LogP contribution in [0.2, 0.25) is 0 Å². The van der Waals surface area contributed by atoms with Gasteiger partial charge in [-0.25, -0.2) is 0 Å². The summed E-state index contributed by atoms with van der Waals surface area (Å²) in [6.45, 7) is 1.62. The minimum atomic E-state index is -0.340. The topological polar surface area (TPSA) is 81.7 Å². The van der Waals surface area contributed by atoms with Crippen molar-refractivity contribution >= 4 is 11.8 Å². The van der Waals surface area contributed by atoms with Gasteiger partial charge >= 0.3 is 0 Å². The third kappa shape index (κ3) is 4.32. The van der Waals surface area contributed by atoms with Crippen molar-refractivity contribution < 1.29 is 14.7 Å². The number of amides is 2. The molecule has 0 bridgehead atoms. The number of likely N-dealkylation sites (tertiary alicyclic amines) is 1. The van der Waals surface area contributed by atoms with Crippen molar-refractivity contribution in [1.82, 2.24) is 15.8 Å². The largest absolute Gasteiger partial charge is 0.393 e. The van der Waals surface area contributed by atoms with Crippen molar-refractivity contribution in [2.24, 2.45) is 0 Å². The van der Waals surface area contributed by atoms with Gasteiger partial charge in [-0.1, -0.05) is 18.2 Å². The van der Waals surface area contributed by atoms with Gasteiger partial charge in [0, 0.05) is 18.7 Å². The number of carbonyl (C=O) groups excluding carboxylic acids is 2. The zero-order valence-corrected chi connectivity index (χ0v) is 11.2. The fourth-order valence-corrected chi connectivity index (χ4v) is 2.11. The molecule has 0 unspecified atom stereocenters. The molecule has 6 heteroatoms. The Bertz CT molecular complexity index is 456. The maximum Gasteiger partial charge on any atom is 0.269 e. The Morgan fingerprint density at radius 3 is 2.45 bits per heavy atom. The SMILES string of the molecule is O=C(CN1CCC(O)CC1)NNC(=O)c1ccccc1. The van der Waals surface area contributed by atoms with Crippen molar-refractivity contribution in [1.29, 1.82) is 0 Å². The monoisotopic (exact) mass is 277 g/mol. The first kappa shape index (κ1) is 14.5. The second-order valence-corrected chi connectivity index (χ2v) is 4.88. The first-order chi connectivity index (χ1) is 9.65. The van der Waals surface area contributed by atoms with E-state index in [4.69, 9.17) is 0 Å². The Kier molecular flexibility index (Phi) is 5.09. The summed E-state index contributed by atoms with van der Waals surface area (Å²) in [5.74, 6) is -0.598. The van der Waals surface area contributed by atoms with Crippen molar-refractivity contribution in [3.63, 3.8) is 0 Å². The summed E-state index contributed by atoms with van der Waals surface area (Å²) in [5.41, 5.74) is 5.27. The molecule has 1 heterocycles. The van der Waals surface area contributed by atoms with E-state index in [9.17, 15) is 14.7 Å². The molecule has 0 radical (unpaired) electrons. The summed E-state index contributed by atoms with van der Waals surface area (Å²) in [4.78, 5) is 25.4. The molecule has 1 aliphatic heterocycles. The maximum absolute atomic E-state index is 11.7. The molecule has 0 spiro atoms. The molecular weight excluding hydrogens is 258 g/mol. The Balaban J connectivity index is 1.71. The summed E-state index contributed by atoms with van der Waals surface area (Å²) in [6, 6.07) is 8.69. The van der Waals surface area contributed by atoms with Crippen LogP contribution in [0, 0.1) is 0 Å². The minimum Gasteiger partial charge on any atom is -0.393 e. The lowest BCUT2D eigenvalue weighted by molar-refractivity contribution is -0.123. The highest BCUT2D eigenvalue weighted by atomic mass is 16.3. The van der Waals surface area contributed by atoms with Gasteiger partial charge < -0.3 is 5.11 Å². The van der Waals surface area contributed by atoms with Crippen LogP contribution in [0.5, 0.6) is 0 Å². The second-order valence-electron chi connectivity index (χ2n) is 4.88. The number of benzene rings is 1. The van der Waals surface area contributed by atoms with E-state index in [0.717, 1.165) is 0 Å². The maximum atomic E-state index is 11.7. The third-order valence-corrected chi connectivity index (χ3v) is 3.28. The summed E-state index contributed by atoms with van der Waals surface area (Å²) < 4.78 is 0. The van der Waals surface area contributed by atoms with Gasteiger partial charge in [-0.15, -0.1) is 0 Å². The Morgan fingerprint density at radius 1 is 1.15 bits per heavy atom. The number of hydrazine groups is 1. The average molecular weight is 277 g/mol. The van der Waals surface area contributed by atoms with E-state index >= 15 is 0 Å². The molecule has 0 aromatic heterocycles. The Hall–Kier alpha value is -1.92. The van der Waals surface area contributed by atoms with Gasteiger partial charge in [-0.3, -0.25) is 25.3 Å². The van der Waals surface area contributed by atoms with E-state index in [2.05, 4.69) is 10.9 Å². The van der Waals surface area contributed by atoms with E-state index in [0.29, 0.717) is 31.5 Å². The van der Waals surface area contributed by atoms with Crippen molar-refractivity contribution in [3.8, 4) is 0 Å². The summed E-state index contributed by atoms with van der Waals surface area (Å²) >= 11 is 0. The van der Waals surface area contributed by atoms with Gasteiger partial charge in [-0.2, -0.15) is 0 Å². The normalized spacial score (nSPS) is 16.6. The second kappa shape index (κ2) is 7.02. The first-order valence-corrected chi connectivity index (χ1v) is 6.70. The number of rotatable bonds is 3. The molecule has 6 nitrogen and oxygen atoms in total. The highest BCUT2D eigenvalue weighted by Gasteiger charge is 2.19. The summed E-state index contributed by atoms with van der Waals surface area (Å²) in [6.07, 6.45) is 1.11. The lowest BCUT2D eigenvalue weighted by Crippen LogP contribution is -2.48. The summed E-state index contributed by atoms with van der Waals surface area (Å²) in [7, 11) is 0. The van der Waals surface area contributed by atoms with Crippen molar-refractivity contribution in [2.75, 3.05) is 19.6 Å². The van der Waals surface area contributed by atoms with E-state index in [1.165, 1.54) is 0 Å². The van der Waals surface area contributed by atoms with Crippen LogP contribution >= 0.6 is 0 Å². The fraction of sp³-hybridized carbons (Fsp3) is 0.429. The molecule has 1 aliphatic rings.